The third kappa shape index (κ3) is 7.97. The van der Waals surface area contributed by atoms with Gasteiger partial charge in [-0.2, -0.15) is 13.2 Å². The molecule has 0 radical (unpaired) electrons. The number of aromatic nitrogens is 2. The molecule has 0 aliphatic carbocycles. The summed E-state index contributed by atoms with van der Waals surface area (Å²) in [5.74, 6) is -1.91. The Morgan fingerprint density at radius 2 is 1.58 bits per heavy atom. The minimum atomic E-state index is -4.56. The highest BCUT2D eigenvalue weighted by Gasteiger charge is 2.29. The zero-order valence-corrected chi connectivity index (χ0v) is 27.3. The molecule has 262 valence electrons. The monoisotopic (exact) mass is 715 g/mol. The van der Waals surface area contributed by atoms with Gasteiger partial charge in [0.1, 0.15) is 28.8 Å². The van der Waals surface area contributed by atoms with Crippen LogP contribution in [0.1, 0.15) is 16.1 Å². The van der Waals surface area contributed by atoms with E-state index in [0.29, 0.717) is 44.2 Å². The van der Waals surface area contributed by atoms with Crippen molar-refractivity contribution in [2.24, 2.45) is 7.05 Å². The number of sulfonamides is 1. The van der Waals surface area contributed by atoms with Crippen molar-refractivity contribution < 1.29 is 44.6 Å². The molecular formula is C34H30F5N5O5S. The number of pyridine rings is 1. The predicted octanol–water partition coefficient (Wildman–Crippen LogP) is 6.34. The Balaban J connectivity index is 1.05. The normalized spacial score (nSPS) is 14.2. The average molecular weight is 716 g/mol. The number of amides is 1. The molecule has 10 nitrogen and oxygen atoms in total. The number of alkyl halides is 3. The van der Waals surface area contributed by atoms with Gasteiger partial charge < -0.3 is 18.9 Å². The first-order valence-electron chi connectivity index (χ1n) is 15.3. The number of nitrogens with zero attached hydrogens (tertiary/aromatic N) is 4. The molecular weight excluding hydrogens is 685 g/mol. The minimum Gasteiger partial charge on any atom is -0.484 e. The maximum atomic E-state index is 14.0. The van der Waals surface area contributed by atoms with E-state index in [2.05, 4.69) is 14.6 Å². The summed E-state index contributed by atoms with van der Waals surface area (Å²) >= 11 is 0. The zero-order valence-electron chi connectivity index (χ0n) is 26.5. The van der Waals surface area contributed by atoms with E-state index in [1.807, 2.05) is 0 Å². The van der Waals surface area contributed by atoms with Crippen molar-refractivity contribution in [1.82, 2.24) is 19.4 Å². The second kappa shape index (κ2) is 14.0. The first kappa shape index (κ1) is 34.6. The second-order valence-electron chi connectivity index (χ2n) is 11.6. The fourth-order valence-corrected chi connectivity index (χ4v) is 6.71. The number of piperazine rings is 1. The molecule has 1 amide bonds. The summed E-state index contributed by atoms with van der Waals surface area (Å²) in [5.41, 5.74) is 2.10. The number of fused-ring (bicyclic) bond motifs is 1. The summed E-state index contributed by atoms with van der Waals surface area (Å²) in [6, 6.07) is 19.0. The van der Waals surface area contributed by atoms with Crippen molar-refractivity contribution in [3.05, 3.63) is 108 Å². The van der Waals surface area contributed by atoms with Crippen molar-refractivity contribution >= 4 is 32.5 Å². The lowest BCUT2D eigenvalue weighted by atomic mass is 10.2. The van der Waals surface area contributed by atoms with E-state index in [-0.39, 0.29) is 23.2 Å². The van der Waals surface area contributed by atoms with Crippen LogP contribution in [0.4, 0.5) is 27.6 Å². The van der Waals surface area contributed by atoms with Crippen LogP contribution in [-0.4, -0.2) is 72.6 Å². The van der Waals surface area contributed by atoms with Gasteiger partial charge in [0.05, 0.1) is 17.4 Å². The van der Waals surface area contributed by atoms with Crippen LogP contribution in [0.25, 0.3) is 10.9 Å². The molecule has 0 bridgehead atoms. The van der Waals surface area contributed by atoms with Gasteiger partial charge in [0, 0.05) is 57.3 Å². The van der Waals surface area contributed by atoms with E-state index in [4.69, 9.17) is 9.47 Å². The molecule has 0 unspecified atom stereocenters. The van der Waals surface area contributed by atoms with Crippen LogP contribution in [0.15, 0.2) is 90.0 Å². The summed E-state index contributed by atoms with van der Waals surface area (Å²) in [4.78, 5) is 20.5. The quantitative estimate of drug-likeness (QED) is 0.168. The standard InChI is InChI=1S/C34H30F5N5O5S/c1-42-29-18-26(49-31-12-8-24(19-40-31)41-50(46,47)32-27(35)3-2-4-28(32)36)11-7-23(29)17-30(42)33(45)44-15-13-43(14-16-44)20-22-5-9-25(10-6-22)48-21-34(37,38)39/h2-12,17-19,41H,13-16,20-21H2,1H3. The summed E-state index contributed by atoms with van der Waals surface area (Å²) < 4.78 is 105. The summed E-state index contributed by atoms with van der Waals surface area (Å²) in [5, 5.41) is 0.808. The third-order valence-corrected chi connectivity index (χ3v) is 9.46. The molecule has 1 fully saturated rings. The van der Waals surface area contributed by atoms with Crippen molar-refractivity contribution in [2.45, 2.75) is 17.6 Å². The van der Waals surface area contributed by atoms with E-state index in [1.165, 1.54) is 24.3 Å². The highest BCUT2D eigenvalue weighted by molar-refractivity contribution is 7.92. The molecule has 2 aromatic heterocycles. The van der Waals surface area contributed by atoms with E-state index in [0.717, 1.165) is 40.9 Å². The fourth-order valence-electron chi connectivity index (χ4n) is 5.53. The van der Waals surface area contributed by atoms with Crippen molar-refractivity contribution in [3.8, 4) is 17.4 Å². The topological polar surface area (TPSA) is 106 Å². The smallest absolute Gasteiger partial charge is 0.422 e. The van der Waals surface area contributed by atoms with Gasteiger partial charge in [-0.1, -0.05) is 18.2 Å². The van der Waals surface area contributed by atoms with E-state index in [9.17, 15) is 35.2 Å². The van der Waals surface area contributed by atoms with Crippen LogP contribution in [0.5, 0.6) is 17.4 Å². The van der Waals surface area contributed by atoms with Gasteiger partial charge in [0.15, 0.2) is 11.5 Å². The Morgan fingerprint density at radius 1 is 0.900 bits per heavy atom. The molecule has 1 saturated heterocycles. The number of anilines is 1. The number of carbonyl (C=O) groups excluding carboxylic acids is 1. The van der Waals surface area contributed by atoms with Crippen molar-refractivity contribution in [1.29, 1.82) is 0 Å². The van der Waals surface area contributed by atoms with Crippen molar-refractivity contribution in [3.63, 3.8) is 0 Å². The SMILES string of the molecule is Cn1c(C(=O)N2CCN(Cc3ccc(OCC(F)(F)F)cc3)CC2)cc2ccc(Oc3ccc(NS(=O)(=O)c4c(F)cccc4F)cn3)cc21. The Bertz CT molecular complexity index is 2100. The van der Waals surface area contributed by atoms with Crippen LogP contribution in [0.2, 0.25) is 0 Å². The molecule has 0 spiro atoms. The molecule has 50 heavy (non-hydrogen) atoms. The van der Waals surface area contributed by atoms with Gasteiger partial charge in [0.2, 0.25) is 5.88 Å². The number of ether oxygens (including phenoxy) is 2. The minimum absolute atomic E-state index is 0.0334. The number of rotatable bonds is 10. The molecule has 16 heteroatoms. The first-order valence-corrected chi connectivity index (χ1v) is 16.7. The molecule has 1 N–H and O–H groups in total. The van der Waals surface area contributed by atoms with Crippen LogP contribution in [-0.2, 0) is 23.6 Å². The number of benzene rings is 3. The number of halogens is 5. The van der Waals surface area contributed by atoms with Crippen LogP contribution in [0, 0.1) is 11.6 Å². The lowest BCUT2D eigenvalue weighted by molar-refractivity contribution is -0.153. The predicted molar refractivity (Wildman–Crippen MR) is 174 cm³/mol. The van der Waals surface area contributed by atoms with Gasteiger partial charge in [-0.25, -0.2) is 22.2 Å². The van der Waals surface area contributed by atoms with Crippen molar-refractivity contribution in [2.75, 3.05) is 37.5 Å². The molecule has 3 aromatic carbocycles. The zero-order chi connectivity index (χ0) is 35.6. The van der Waals surface area contributed by atoms with Gasteiger partial charge >= 0.3 is 6.18 Å². The van der Waals surface area contributed by atoms with Crippen LogP contribution < -0.4 is 14.2 Å². The number of hydrogen-bond acceptors (Lipinski definition) is 7. The second-order valence-corrected chi connectivity index (χ2v) is 13.2. The fraction of sp³-hybridized carbons (Fsp3) is 0.235. The molecule has 6 rings (SSSR count). The molecule has 1 aliphatic rings. The van der Waals surface area contributed by atoms with Gasteiger partial charge in [-0.3, -0.25) is 14.4 Å². The Hall–Kier alpha value is -5.22. The number of carbonyl (C=O) groups is 1. The average Bonchev–Trinajstić information content (AvgIpc) is 3.40. The van der Waals surface area contributed by atoms with Crippen LogP contribution >= 0.6 is 0 Å². The maximum Gasteiger partial charge on any atom is 0.422 e. The molecule has 1 aliphatic heterocycles. The highest BCUT2D eigenvalue weighted by Crippen LogP contribution is 2.29. The van der Waals surface area contributed by atoms with E-state index >= 15 is 0 Å². The van der Waals surface area contributed by atoms with Gasteiger partial charge in [-0.15, -0.1) is 0 Å². The largest absolute Gasteiger partial charge is 0.484 e. The molecule has 5 aromatic rings. The number of aryl methyl sites for hydroxylation is 1. The first-order chi connectivity index (χ1) is 23.8. The van der Waals surface area contributed by atoms with Gasteiger partial charge in [-0.05, 0) is 54.1 Å². The summed E-state index contributed by atoms with van der Waals surface area (Å²) in [6.07, 6.45) is -3.25. The molecule has 0 saturated carbocycles. The summed E-state index contributed by atoms with van der Waals surface area (Å²) in [6.45, 7) is 1.46. The van der Waals surface area contributed by atoms with Crippen LogP contribution in [0.3, 0.4) is 0 Å². The maximum absolute atomic E-state index is 14.0. The van der Waals surface area contributed by atoms with E-state index < -0.39 is 39.3 Å². The lowest BCUT2D eigenvalue weighted by Crippen LogP contribution is -2.48. The Morgan fingerprint density at radius 3 is 2.22 bits per heavy atom. The third-order valence-electron chi connectivity index (χ3n) is 8.03. The highest BCUT2D eigenvalue weighted by atomic mass is 32.2. The van der Waals surface area contributed by atoms with Gasteiger partial charge in [0.25, 0.3) is 15.9 Å². The number of nitrogens with one attached hydrogen (secondary N) is 1. The van der Waals surface area contributed by atoms with E-state index in [1.54, 1.807) is 52.9 Å². The lowest BCUT2D eigenvalue weighted by Gasteiger charge is -2.34. The summed E-state index contributed by atoms with van der Waals surface area (Å²) in [7, 11) is -2.79. The molecule has 0 atom stereocenters. The Kier molecular flexibility index (Phi) is 9.67. The molecule has 3 heterocycles. The Labute approximate surface area is 283 Å². The number of hydrogen-bond donors (Lipinski definition) is 1.